The van der Waals surface area contributed by atoms with E-state index in [4.69, 9.17) is 4.74 Å². The molecule has 3 nitrogen and oxygen atoms in total. The third-order valence-electron chi connectivity index (χ3n) is 2.98. The largest absolute Gasteiger partial charge is 0.494 e. The third-order valence-corrected chi connectivity index (χ3v) is 2.98. The second-order valence-electron chi connectivity index (χ2n) is 4.51. The zero-order valence-electron chi connectivity index (χ0n) is 11.6. The summed E-state index contributed by atoms with van der Waals surface area (Å²) < 4.78 is 44.5. The van der Waals surface area contributed by atoms with Gasteiger partial charge in [-0.1, -0.05) is 0 Å². The van der Waals surface area contributed by atoms with Gasteiger partial charge in [0.05, 0.1) is 17.9 Å². The molecule has 0 saturated carbocycles. The van der Waals surface area contributed by atoms with Crippen LogP contribution in [-0.4, -0.2) is 11.2 Å². The van der Waals surface area contributed by atoms with Crippen molar-refractivity contribution >= 4 is 0 Å². The molecule has 1 heterocycles. The monoisotopic (exact) mass is 297 g/mol. The number of rotatable bonds is 3. The van der Waals surface area contributed by atoms with Crippen molar-refractivity contribution < 1.29 is 17.9 Å². The van der Waals surface area contributed by atoms with Crippen molar-refractivity contribution in [3.05, 3.63) is 58.0 Å². The second-order valence-corrected chi connectivity index (χ2v) is 4.51. The number of alkyl halides is 3. The molecule has 2 rings (SSSR count). The lowest BCUT2D eigenvalue weighted by atomic mass is 10.1. The van der Waals surface area contributed by atoms with E-state index >= 15 is 0 Å². The summed E-state index contributed by atoms with van der Waals surface area (Å²) in [6, 6.07) is 6.58. The minimum Gasteiger partial charge on any atom is -0.494 e. The number of aromatic nitrogens is 1. The lowest BCUT2D eigenvalue weighted by molar-refractivity contribution is -0.138. The van der Waals surface area contributed by atoms with Gasteiger partial charge in [0.15, 0.2) is 0 Å². The number of halogens is 3. The van der Waals surface area contributed by atoms with Crippen LogP contribution in [0.3, 0.4) is 0 Å². The van der Waals surface area contributed by atoms with Gasteiger partial charge in [0.2, 0.25) is 0 Å². The van der Waals surface area contributed by atoms with Gasteiger partial charge in [0.1, 0.15) is 5.75 Å². The Morgan fingerprint density at radius 2 is 1.90 bits per heavy atom. The molecule has 0 aliphatic rings. The van der Waals surface area contributed by atoms with Crippen LogP contribution in [0.5, 0.6) is 5.75 Å². The molecule has 0 fully saturated rings. The highest BCUT2D eigenvalue weighted by Gasteiger charge is 2.31. The summed E-state index contributed by atoms with van der Waals surface area (Å²) in [4.78, 5) is 11.8. The minimum atomic E-state index is -4.49. The van der Waals surface area contributed by atoms with Gasteiger partial charge in [0, 0.05) is 12.3 Å². The van der Waals surface area contributed by atoms with E-state index < -0.39 is 17.3 Å². The fourth-order valence-corrected chi connectivity index (χ4v) is 2.00. The first-order chi connectivity index (χ1) is 9.82. The van der Waals surface area contributed by atoms with Crippen LogP contribution in [0.2, 0.25) is 0 Å². The summed E-state index contributed by atoms with van der Waals surface area (Å²) in [5.74, 6) is 0.610. The summed E-state index contributed by atoms with van der Waals surface area (Å²) >= 11 is 0. The normalized spacial score (nSPS) is 11.5. The number of hydrogen-bond donors (Lipinski definition) is 0. The number of benzene rings is 1. The molecule has 0 unspecified atom stereocenters. The van der Waals surface area contributed by atoms with Gasteiger partial charge in [-0.25, -0.2) is 0 Å². The van der Waals surface area contributed by atoms with Gasteiger partial charge in [-0.3, -0.25) is 9.36 Å². The van der Waals surface area contributed by atoms with Crippen LogP contribution < -0.4 is 10.3 Å². The Morgan fingerprint density at radius 3 is 2.48 bits per heavy atom. The number of ether oxygens (including phenoxy) is 1. The average Bonchev–Trinajstić information content (AvgIpc) is 2.39. The molecule has 0 aliphatic heterocycles. The minimum absolute atomic E-state index is 0.398. The molecule has 0 N–H and O–H groups in total. The van der Waals surface area contributed by atoms with Gasteiger partial charge in [-0.2, -0.15) is 13.2 Å². The molecule has 0 aliphatic carbocycles. The molecular weight excluding hydrogens is 283 g/mol. The van der Waals surface area contributed by atoms with Crippen molar-refractivity contribution in [3.8, 4) is 11.4 Å². The number of aryl methyl sites for hydroxylation is 1. The van der Waals surface area contributed by atoms with E-state index in [1.165, 1.54) is 0 Å². The average molecular weight is 297 g/mol. The molecule has 1 aromatic heterocycles. The van der Waals surface area contributed by atoms with Crippen LogP contribution in [0, 0.1) is 6.92 Å². The van der Waals surface area contributed by atoms with Crippen LogP contribution in [-0.2, 0) is 6.18 Å². The molecule has 0 spiro atoms. The highest BCUT2D eigenvalue weighted by molar-refractivity contribution is 5.45. The smallest absolute Gasteiger partial charge is 0.417 e. The summed E-state index contributed by atoms with van der Waals surface area (Å²) in [7, 11) is 0. The van der Waals surface area contributed by atoms with Crippen molar-refractivity contribution in [2.45, 2.75) is 20.0 Å². The standard InChI is InChI=1S/C15H14F3NO2/c1-3-21-12-5-6-13(10(2)8-12)19-9-11(15(16,17)18)4-7-14(19)20/h4-9H,3H2,1-2H3. The van der Waals surface area contributed by atoms with Crippen LogP contribution in [0.15, 0.2) is 41.3 Å². The molecule has 112 valence electrons. The van der Waals surface area contributed by atoms with Gasteiger partial charge in [-0.05, 0) is 43.7 Å². The summed E-state index contributed by atoms with van der Waals surface area (Å²) in [5.41, 5.74) is -0.331. The Hall–Kier alpha value is -2.24. The summed E-state index contributed by atoms with van der Waals surface area (Å²) in [5, 5.41) is 0. The van der Waals surface area contributed by atoms with Crippen molar-refractivity contribution in [1.82, 2.24) is 4.57 Å². The van der Waals surface area contributed by atoms with E-state index in [2.05, 4.69) is 0 Å². The third kappa shape index (κ3) is 3.26. The fraction of sp³-hybridized carbons (Fsp3) is 0.267. The van der Waals surface area contributed by atoms with Crippen molar-refractivity contribution in [3.63, 3.8) is 0 Å². The quantitative estimate of drug-likeness (QED) is 0.867. The Morgan fingerprint density at radius 1 is 1.19 bits per heavy atom. The number of pyridine rings is 1. The first kappa shape index (κ1) is 15.2. The Kier molecular flexibility index (Phi) is 4.06. The maximum Gasteiger partial charge on any atom is 0.417 e. The van der Waals surface area contributed by atoms with E-state index in [0.29, 0.717) is 23.6 Å². The first-order valence-corrected chi connectivity index (χ1v) is 6.36. The Bertz CT molecular complexity index is 705. The van der Waals surface area contributed by atoms with Crippen LogP contribution in [0.25, 0.3) is 5.69 Å². The van der Waals surface area contributed by atoms with Gasteiger partial charge in [-0.15, -0.1) is 0 Å². The van der Waals surface area contributed by atoms with Crippen molar-refractivity contribution in [2.24, 2.45) is 0 Å². The van der Waals surface area contributed by atoms with E-state index in [-0.39, 0.29) is 0 Å². The molecule has 0 saturated heterocycles. The molecule has 0 radical (unpaired) electrons. The highest BCUT2D eigenvalue weighted by atomic mass is 19.4. The maximum atomic E-state index is 12.7. The van der Waals surface area contributed by atoms with E-state index in [9.17, 15) is 18.0 Å². The lowest BCUT2D eigenvalue weighted by Gasteiger charge is -2.13. The number of hydrogen-bond acceptors (Lipinski definition) is 2. The molecule has 6 heteroatoms. The van der Waals surface area contributed by atoms with Crippen molar-refractivity contribution in [2.75, 3.05) is 6.61 Å². The predicted octanol–water partition coefficient (Wildman–Crippen LogP) is 3.56. The molecule has 21 heavy (non-hydrogen) atoms. The van der Waals surface area contributed by atoms with Crippen LogP contribution in [0.1, 0.15) is 18.1 Å². The van der Waals surface area contributed by atoms with Gasteiger partial charge >= 0.3 is 6.18 Å². The number of nitrogens with zero attached hydrogens (tertiary/aromatic N) is 1. The van der Waals surface area contributed by atoms with Crippen LogP contribution in [0.4, 0.5) is 13.2 Å². The van der Waals surface area contributed by atoms with E-state index in [1.54, 1.807) is 25.1 Å². The van der Waals surface area contributed by atoms with E-state index in [1.807, 2.05) is 6.92 Å². The van der Waals surface area contributed by atoms with Gasteiger partial charge in [0.25, 0.3) is 5.56 Å². The summed E-state index contributed by atoms with van der Waals surface area (Å²) in [6.45, 7) is 4.04. The highest BCUT2D eigenvalue weighted by Crippen LogP contribution is 2.29. The predicted molar refractivity (Wildman–Crippen MR) is 72.9 cm³/mol. The summed E-state index contributed by atoms with van der Waals surface area (Å²) in [6.07, 6.45) is -3.68. The van der Waals surface area contributed by atoms with Crippen LogP contribution >= 0.6 is 0 Å². The molecule has 2 aromatic rings. The lowest BCUT2D eigenvalue weighted by Crippen LogP contribution is -2.20. The molecule has 0 bridgehead atoms. The zero-order chi connectivity index (χ0) is 15.6. The first-order valence-electron chi connectivity index (χ1n) is 6.36. The fourth-order valence-electron chi connectivity index (χ4n) is 2.00. The Balaban J connectivity index is 2.54. The maximum absolute atomic E-state index is 12.7. The van der Waals surface area contributed by atoms with Gasteiger partial charge < -0.3 is 4.74 Å². The molecule has 0 atom stereocenters. The second kappa shape index (κ2) is 5.63. The molecule has 0 amide bonds. The molecule has 1 aromatic carbocycles. The SMILES string of the molecule is CCOc1ccc(-n2cc(C(F)(F)F)ccc2=O)c(C)c1. The molecular formula is C15H14F3NO2. The van der Waals surface area contributed by atoms with Crippen molar-refractivity contribution in [1.29, 1.82) is 0 Å². The van der Waals surface area contributed by atoms with E-state index in [0.717, 1.165) is 22.9 Å². The zero-order valence-corrected chi connectivity index (χ0v) is 11.6. The topological polar surface area (TPSA) is 31.2 Å². The Labute approximate surface area is 119 Å².